The van der Waals surface area contributed by atoms with Gasteiger partial charge in [0.15, 0.2) is 18.2 Å². The highest BCUT2D eigenvalue weighted by Gasteiger charge is 2.16. The topological polar surface area (TPSA) is 92.3 Å². The molecular weight excluding hydrogens is 248 g/mol. The van der Waals surface area contributed by atoms with E-state index in [4.69, 9.17) is 15.2 Å². The van der Waals surface area contributed by atoms with Gasteiger partial charge in [-0.15, -0.1) is 0 Å². The Morgan fingerprint density at radius 2 is 2.26 bits per heavy atom. The number of carbonyl (C=O) groups is 1. The zero-order valence-corrected chi connectivity index (χ0v) is 10.7. The Bertz CT molecular complexity index is 594. The first-order valence-electron chi connectivity index (χ1n) is 5.56. The van der Waals surface area contributed by atoms with Crippen LogP contribution in [0.25, 0.3) is 0 Å². The van der Waals surface area contributed by atoms with E-state index in [1.807, 2.05) is 0 Å². The zero-order valence-electron chi connectivity index (χ0n) is 10.7. The number of aromatic nitrogens is 3. The summed E-state index contributed by atoms with van der Waals surface area (Å²) >= 11 is 0. The molecule has 1 heterocycles. The van der Waals surface area contributed by atoms with Crippen LogP contribution in [0.1, 0.15) is 16.2 Å². The van der Waals surface area contributed by atoms with E-state index in [9.17, 15) is 4.79 Å². The maximum absolute atomic E-state index is 12.0. The molecule has 0 saturated carbocycles. The van der Waals surface area contributed by atoms with Gasteiger partial charge in [0.2, 0.25) is 0 Å². The molecule has 100 valence electrons. The number of aryl methyl sites for hydroxylation is 1. The standard InChI is InChI=1S/C12H14N4O3/c1-16-10(14-7-15-16)6-19-12(17)8-4-3-5-9(13)11(8)18-2/h3-5,7H,6,13H2,1-2H3. The molecule has 0 aliphatic carbocycles. The van der Waals surface area contributed by atoms with Crippen molar-refractivity contribution in [1.82, 2.24) is 14.8 Å². The highest BCUT2D eigenvalue weighted by atomic mass is 16.5. The van der Waals surface area contributed by atoms with Gasteiger partial charge in [0.1, 0.15) is 11.9 Å². The molecule has 2 rings (SSSR count). The number of nitrogens with two attached hydrogens (primary N) is 1. The minimum atomic E-state index is -0.521. The fourth-order valence-electron chi connectivity index (χ4n) is 1.60. The third-order valence-electron chi connectivity index (χ3n) is 2.61. The Labute approximate surface area is 110 Å². The first-order valence-corrected chi connectivity index (χ1v) is 5.56. The summed E-state index contributed by atoms with van der Waals surface area (Å²) in [6, 6.07) is 4.91. The molecule has 7 nitrogen and oxygen atoms in total. The molecule has 1 aromatic heterocycles. The van der Waals surface area contributed by atoms with Gasteiger partial charge in [-0.25, -0.2) is 9.78 Å². The lowest BCUT2D eigenvalue weighted by molar-refractivity contribution is 0.0454. The summed E-state index contributed by atoms with van der Waals surface area (Å²) in [5.41, 5.74) is 6.39. The van der Waals surface area contributed by atoms with Crippen molar-refractivity contribution in [3.63, 3.8) is 0 Å². The monoisotopic (exact) mass is 262 g/mol. The minimum absolute atomic E-state index is 0.0350. The van der Waals surface area contributed by atoms with Crippen LogP contribution in [0.15, 0.2) is 24.5 Å². The molecule has 0 saturated heterocycles. The lowest BCUT2D eigenvalue weighted by Crippen LogP contribution is -2.10. The van der Waals surface area contributed by atoms with Gasteiger partial charge in [-0.1, -0.05) is 6.07 Å². The first-order chi connectivity index (χ1) is 9.13. The molecule has 2 N–H and O–H groups in total. The van der Waals surface area contributed by atoms with Gasteiger partial charge in [0.05, 0.1) is 12.8 Å². The second-order valence-corrected chi connectivity index (χ2v) is 3.80. The van der Waals surface area contributed by atoms with Gasteiger partial charge >= 0.3 is 5.97 Å². The van der Waals surface area contributed by atoms with Crippen LogP contribution < -0.4 is 10.5 Å². The number of benzene rings is 1. The number of methoxy groups -OCH3 is 1. The first kappa shape index (κ1) is 12.9. The predicted octanol–water partition coefficient (Wildman–Crippen LogP) is 0.763. The number of anilines is 1. The number of nitrogens with zero attached hydrogens (tertiary/aromatic N) is 3. The lowest BCUT2D eigenvalue weighted by atomic mass is 10.2. The normalized spacial score (nSPS) is 10.2. The number of rotatable bonds is 4. The van der Waals surface area contributed by atoms with Crippen LogP contribution in [-0.4, -0.2) is 27.8 Å². The van der Waals surface area contributed by atoms with Crippen LogP contribution >= 0.6 is 0 Å². The summed E-state index contributed by atoms with van der Waals surface area (Å²) in [7, 11) is 3.17. The fourth-order valence-corrected chi connectivity index (χ4v) is 1.60. The third-order valence-corrected chi connectivity index (χ3v) is 2.61. The van der Waals surface area contributed by atoms with Crippen molar-refractivity contribution in [1.29, 1.82) is 0 Å². The molecule has 0 spiro atoms. The molecule has 0 unspecified atom stereocenters. The summed E-state index contributed by atoms with van der Waals surface area (Å²) in [4.78, 5) is 15.9. The molecule has 0 radical (unpaired) electrons. The van der Waals surface area contributed by atoms with Gasteiger partial charge in [-0.3, -0.25) is 4.68 Å². The van der Waals surface area contributed by atoms with Crippen molar-refractivity contribution in [3.8, 4) is 5.75 Å². The minimum Gasteiger partial charge on any atom is -0.494 e. The second-order valence-electron chi connectivity index (χ2n) is 3.80. The summed E-state index contributed by atoms with van der Waals surface area (Å²) in [5.74, 6) is 0.342. The summed E-state index contributed by atoms with van der Waals surface area (Å²) < 4.78 is 11.8. The molecule has 0 aliphatic rings. The van der Waals surface area contributed by atoms with Gasteiger partial charge in [-0.2, -0.15) is 5.10 Å². The number of hydrogen-bond acceptors (Lipinski definition) is 6. The molecule has 0 fully saturated rings. The number of para-hydroxylation sites is 1. The molecule has 7 heteroatoms. The van der Waals surface area contributed by atoms with Crippen LogP contribution in [0.4, 0.5) is 5.69 Å². The maximum atomic E-state index is 12.0. The number of carbonyl (C=O) groups excluding carboxylic acids is 1. The molecule has 19 heavy (non-hydrogen) atoms. The van der Waals surface area contributed by atoms with Crippen molar-refractivity contribution >= 4 is 11.7 Å². The van der Waals surface area contributed by atoms with Crippen LogP contribution in [0, 0.1) is 0 Å². The smallest absolute Gasteiger partial charge is 0.342 e. The van der Waals surface area contributed by atoms with Gasteiger partial charge in [0, 0.05) is 7.05 Å². The van der Waals surface area contributed by atoms with E-state index in [1.165, 1.54) is 18.1 Å². The predicted molar refractivity (Wildman–Crippen MR) is 67.5 cm³/mol. The van der Waals surface area contributed by atoms with E-state index in [2.05, 4.69) is 10.1 Å². The van der Waals surface area contributed by atoms with E-state index >= 15 is 0 Å². The van der Waals surface area contributed by atoms with Gasteiger partial charge < -0.3 is 15.2 Å². The molecule has 2 aromatic rings. The van der Waals surface area contributed by atoms with Crippen molar-refractivity contribution in [3.05, 3.63) is 35.9 Å². The van der Waals surface area contributed by atoms with E-state index < -0.39 is 5.97 Å². The zero-order chi connectivity index (χ0) is 13.8. The molecule has 0 atom stereocenters. The highest BCUT2D eigenvalue weighted by Crippen LogP contribution is 2.26. The fraction of sp³-hybridized carbons (Fsp3) is 0.250. The molecule has 0 amide bonds. The summed E-state index contributed by atoms with van der Waals surface area (Å²) in [6.45, 7) is 0.0350. The Balaban J connectivity index is 2.12. The van der Waals surface area contributed by atoms with E-state index in [1.54, 1.807) is 25.2 Å². The van der Waals surface area contributed by atoms with Crippen LogP contribution in [0.2, 0.25) is 0 Å². The quantitative estimate of drug-likeness (QED) is 0.646. The van der Waals surface area contributed by atoms with Gasteiger partial charge in [-0.05, 0) is 12.1 Å². The van der Waals surface area contributed by atoms with Gasteiger partial charge in [0.25, 0.3) is 0 Å². The Kier molecular flexibility index (Phi) is 3.65. The summed E-state index contributed by atoms with van der Waals surface area (Å²) in [5, 5.41) is 3.88. The van der Waals surface area contributed by atoms with E-state index in [0.717, 1.165) is 0 Å². The lowest BCUT2D eigenvalue weighted by Gasteiger charge is -2.10. The molecule has 1 aromatic carbocycles. The number of ether oxygens (including phenoxy) is 2. The van der Waals surface area contributed by atoms with Crippen molar-refractivity contribution in [2.24, 2.45) is 7.05 Å². The molecular formula is C12H14N4O3. The Morgan fingerprint density at radius 3 is 2.89 bits per heavy atom. The molecule has 0 bridgehead atoms. The number of hydrogen-bond donors (Lipinski definition) is 1. The maximum Gasteiger partial charge on any atom is 0.342 e. The summed E-state index contributed by atoms with van der Waals surface area (Å²) in [6.07, 6.45) is 1.39. The Hall–Kier alpha value is -2.57. The van der Waals surface area contributed by atoms with Crippen LogP contribution in [0.5, 0.6) is 5.75 Å². The average Bonchev–Trinajstić information content (AvgIpc) is 2.81. The Morgan fingerprint density at radius 1 is 1.47 bits per heavy atom. The van der Waals surface area contributed by atoms with E-state index in [0.29, 0.717) is 17.3 Å². The van der Waals surface area contributed by atoms with Crippen LogP contribution in [0.3, 0.4) is 0 Å². The largest absolute Gasteiger partial charge is 0.494 e. The van der Waals surface area contributed by atoms with Crippen LogP contribution in [-0.2, 0) is 18.4 Å². The highest BCUT2D eigenvalue weighted by molar-refractivity contribution is 5.94. The van der Waals surface area contributed by atoms with Crippen molar-refractivity contribution < 1.29 is 14.3 Å². The SMILES string of the molecule is COc1c(N)cccc1C(=O)OCc1ncnn1C. The third kappa shape index (κ3) is 2.65. The second kappa shape index (κ2) is 5.38. The molecule has 0 aliphatic heterocycles. The average molecular weight is 262 g/mol. The number of esters is 1. The van der Waals surface area contributed by atoms with Crippen molar-refractivity contribution in [2.75, 3.05) is 12.8 Å². The van der Waals surface area contributed by atoms with E-state index in [-0.39, 0.29) is 12.2 Å². The number of nitrogen functional groups attached to an aromatic ring is 1. The van der Waals surface area contributed by atoms with Crippen molar-refractivity contribution in [2.45, 2.75) is 6.61 Å².